The van der Waals surface area contributed by atoms with Gasteiger partial charge in [0.05, 0.1) is 26.4 Å². The summed E-state index contributed by atoms with van der Waals surface area (Å²) in [6.45, 7) is 4.85. The highest BCUT2D eigenvalue weighted by Gasteiger charge is 2.47. The zero-order chi connectivity index (χ0) is 13.4. The Balaban J connectivity index is 1.63. The fourth-order valence-electron chi connectivity index (χ4n) is 2.81. The minimum Gasteiger partial charge on any atom is -0.345 e. The van der Waals surface area contributed by atoms with Crippen molar-refractivity contribution >= 4 is 0 Å². The fourth-order valence-corrected chi connectivity index (χ4v) is 2.81. The van der Waals surface area contributed by atoms with Crippen molar-refractivity contribution in [3.05, 3.63) is 0 Å². The number of hydrogen-bond donors (Lipinski definition) is 0. The third-order valence-corrected chi connectivity index (χ3v) is 3.89. The summed E-state index contributed by atoms with van der Waals surface area (Å²) in [4.78, 5) is 0. The molecule has 0 aromatic rings. The average Bonchev–Trinajstić information content (AvgIpc) is 3.09. The molecule has 112 valence electrons. The smallest absolute Gasteiger partial charge is 0.220 e. The lowest BCUT2D eigenvalue weighted by molar-refractivity contribution is -0.284. The van der Waals surface area contributed by atoms with Gasteiger partial charge in [-0.25, -0.2) is 0 Å². The number of ether oxygens (including phenoxy) is 4. The second kappa shape index (κ2) is 8.20. The van der Waals surface area contributed by atoms with Crippen LogP contribution in [0, 0.1) is 0 Å². The minimum absolute atomic E-state index is 0.324. The van der Waals surface area contributed by atoms with E-state index in [1.807, 2.05) is 0 Å². The lowest BCUT2D eigenvalue weighted by Gasteiger charge is -2.31. The van der Waals surface area contributed by atoms with Gasteiger partial charge in [-0.1, -0.05) is 45.4 Å². The molecular weight excluding hydrogens is 244 g/mol. The Hall–Kier alpha value is -0.160. The molecule has 0 atom stereocenters. The first kappa shape index (κ1) is 15.2. The molecule has 4 nitrogen and oxygen atoms in total. The number of hydrogen-bond acceptors (Lipinski definition) is 4. The Labute approximate surface area is 116 Å². The van der Waals surface area contributed by atoms with Crippen molar-refractivity contribution in [2.45, 2.75) is 70.4 Å². The first-order valence-corrected chi connectivity index (χ1v) is 7.88. The molecule has 0 aliphatic carbocycles. The summed E-state index contributed by atoms with van der Waals surface area (Å²) in [5.74, 6) is -0.625. The molecule has 0 saturated carbocycles. The molecule has 0 amide bonds. The summed E-state index contributed by atoms with van der Waals surface area (Å²) < 4.78 is 22.8. The van der Waals surface area contributed by atoms with Gasteiger partial charge in [0, 0.05) is 6.42 Å². The normalized spacial score (nSPS) is 23.2. The molecule has 2 rings (SSSR count). The van der Waals surface area contributed by atoms with Crippen molar-refractivity contribution in [3.63, 3.8) is 0 Å². The van der Waals surface area contributed by atoms with E-state index in [0.717, 1.165) is 12.8 Å². The highest BCUT2D eigenvalue weighted by Crippen LogP contribution is 2.33. The van der Waals surface area contributed by atoms with Crippen LogP contribution in [0.15, 0.2) is 0 Å². The standard InChI is InChI=1S/C15H28O4/c1-2-3-4-5-6-7-8-9-15(18-12-13-19-15)14-16-10-11-17-14/h14H,2-13H2,1H3. The van der Waals surface area contributed by atoms with Gasteiger partial charge in [-0.15, -0.1) is 0 Å². The maximum absolute atomic E-state index is 5.80. The van der Waals surface area contributed by atoms with Gasteiger partial charge in [0.1, 0.15) is 0 Å². The summed E-state index contributed by atoms with van der Waals surface area (Å²) in [6.07, 6.45) is 9.60. The largest absolute Gasteiger partial charge is 0.345 e. The summed E-state index contributed by atoms with van der Waals surface area (Å²) in [6, 6.07) is 0. The molecule has 2 aliphatic heterocycles. The molecule has 2 fully saturated rings. The zero-order valence-corrected chi connectivity index (χ0v) is 12.2. The lowest BCUT2D eigenvalue weighted by atomic mass is 10.0. The summed E-state index contributed by atoms with van der Waals surface area (Å²) >= 11 is 0. The van der Waals surface area contributed by atoms with Gasteiger partial charge in [0.15, 0.2) is 0 Å². The van der Waals surface area contributed by atoms with Crippen LogP contribution in [0.3, 0.4) is 0 Å². The second-order valence-corrected chi connectivity index (χ2v) is 5.45. The Morgan fingerprint density at radius 3 is 2.00 bits per heavy atom. The highest BCUT2D eigenvalue weighted by molar-refractivity contribution is 4.80. The van der Waals surface area contributed by atoms with Crippen molar-refractivity contribution in [2.24, 2.45) is 0 Å². The topological polar surface area (TPSA) is 36.9 Å². The van der Waals surface area contributed by atoms with Gasteiger partial charge < -0.3 is 18.9 Å². The molecule has 19 heavy (non-hydrogen) atoms. The first-order chi connectivity index (χ1) is 9.37. The van der Waals surface area contributed by atoms with Crippen molar-refractivity contribution in [3.8, 4) is 0 Å². The predicted molar refractivity (Wildman–Crippen MR) is 72.9 cm³/mol. The quantitative estimate of drug-likeness (QED) is 0.604. The Bertz CT molecular complexity index is 232. The van der Waals surface area contributed by atoms with E-state index in [4.69, 9.17) is 18.9 Å². The van der Waals surface area contributed by atoms with Crippen LogP contribution in [0.2, 0.25) is 0 Å². The molecular formula is C15H28O4. The van der Waals surface area contributed by atoms with Crippen LogP contribution in [0.5, 0.6) is 0 Å². The molecule has 4 heteroatoms. The molecule has 2 saturated heterocycles. The van der Waals surface area contributed by atoms with E-state index in [1.165, 1.54) is 38.5 Å². The van der Waals surface area contributed by atoms with Crippen LogP contribution >= 0.6 is 0 Å². The Morgan fingerprint density at radius 2 is 1.37 bits per heavy atom. The van der Waals surface area contributed by atoms with Gasteiger partial charge >= 0.3 is 0 Å². The minimum atomic E-state index is -0.625. The van der Waals surface area contributed by atoms with Crippen LogP contribution in [0.4, 0.5) is 0 Å². The molecule has 0 unspecified atom stereocenters. The maximum atomic E-state index is 5.80. The van der Waals surface area contributed by atoms with Crippen LogP contribution in [-0.2, 0) is 18.9 Å². The van der Waals surface area contributed by atoms with Gasteiger partial charge in [0.2, 0.25) is 12.1 Å². The molecule has 0 aromatic heterocycles. The van der Waals surface area contributed by atoms with Gasteiger partial charge in [0.25, 0.3) is 0 Å². The second-order valence-electron chi connectivity index (χ2n) is 5.45. The van der Waals surface area contributed by atoms with Crippen molar-refractivity contribution in [1.82, 2.24) is 0 Å². The summed E-state index contributed by atoms with van der Waals surface area (Å²) in [7, 11) is 0. The van der Waals surface area contributed by atoms with E-state index in [0.29, 0.717) is 26.4 Å². The molecule has 0 spiro atoms. The Kier molecular flexibility index (Phi) is 6.57. The fraction of sp³-hybridized carbons (Fsp3) is 1.00. The third-order valence-electron chi connectivity index (χ3n) is 3.89. The number of unbranched alkanes of at least 4 members (excludes halogenated alkanes) is 6. The van der Waals surface area contributed by atoms with Crippen LogP contribution < -0.4 is 0 Å². The van der Waals surface area contributed by atoms with E-state index >= 15 is 0 Å². The van der Waals surface area contributed by atoms with Crippen molar-refractivity contribution < 1.29 is 18.9 Å². The summed E-state index contributed by atoms with van der Waals surface area (Å²) in [5.41, 5.74) is 0. The van der Waals surface area contributed by atoms with E-state index in [9.17, 15) is 0 Å². The molecule has 0 bridgehead atoms. The average molecular weight is 272 g/mol. The molecule has 0 radical (unpaired) electrons. The maximum Gasteiger partial charge on any atom is 0.220 e. The zero-order valence-electron chi connectivity index (χ0n) is 12.2. The molecule has 2 aliphatic rings. The predicted octanol–water partition coefficient (Wildman–Crippen LogP) is 3.24. The molecule has 2 heterocycles. The molecule has 0 aromatic carbocycles. The third kappa shape index (κ3) is 4.42. The van der Waals surface area contributed by atoms with E-state index in [-0.39, 0.29) is 6.29 Å². The molecule has 0 N–H and O–H groups in total. The van der Waals surface area contributed by atoms with E-state index in [1.54, 1.807) is 0 Å². The first-order valence-electron chi connectivity index (χ1n) is 7.88. The van der Waals surface area contributed by atoms with Gasteiger partial charge in [-0.2, -0.15) is 0 Å². The summed E-state index contributed by atoms with van der Waals surface area (Å²) in [5, 5.41) is 0. The van der Waals surface area contributed by atoms with Crippen molar-refractivity contribution in [1.29, 1.82) is 0 Å². The van der Waals surface area contributed by atoms with Gasteiger partial charge in [-0.05, 0) is 6.42 Å². The van der Waals surface area contributed by atoms with Crippen molar-refractivity contribution in [2.75, 3.05) is 26.4 Å². The van der Waals surface area contributed by atoms with E-state index in [2.05, 4.69) is 6.92 Å². The number of rotatable bonds is 9. The van der Waals surface area contributed by atoms with Crippen LogP contribution in [0.1, 0.15) is 58.3 Å². The lowest BCUT2D eigenvalue weighted by Crippen LogP contribution is -2.44. The monoisotopic (exact) mass is 272 g/mol. The van der Waals surface area contributed by atoms with Gasteiger partial charge in [-0.3, -0.25) is 0 Å². The van der Waals surface area contributed by atoms with E-state index < -0.39 is 5.79 Å². The Morgan fingerprint density at radius 1 is 0.789 bits per heavy atom. The van der Waals surface area contributed by atoms with Crippen LogP contribution in [-0.4, -0.2) is 38.5 Å². The van der Waals surface area contributed by atoms with Crippen LogP contribution in [0.25, 0.3) is 0 Å². The SMILES string of the molecule is CCCCCCCCCC1(C2OCCO2)OCCO1. The highest BCUT2D eigenvalue weighted by atomic mass is 16.8.